The van der Waals surface area contributed by atoms with Crippen molar-refractivity contribution in [2.45, 2.75) is 63.5 Å². The number of hydrogen-bond acceptors (Lipinski definition) is 2. The lowest BCUT2D eigenvalue weighted by Crippen LogP contribution is -2.46. The highest BCUT2D eigenvalue weighted by Gasteiger charge is 2.37. The summed E-state index contributed by atoms with van der Waals surface area (Å²) in [5.74, 6) is 1.86. The van der Waals surface area contributed by atoms with E-state index < -0.39 is 0 Å². The van der Waals surface area contributed by atoms with Gasteiger partial charge in [-0.25, -0.2) is 0 Å². The second kappa shape index (κ2) is 6.08. The summed E-state index contributed by atoms with van der Waals surface area (Å²) in [7, 11) is 1.76. The van der Waals surface area contributed by atoms with E-state index in [0.29, 0.717) is 12.1 Å². The van der Waals surface area contributed by atoms with Gasteiger partial charge >= 0.3 is 0 Å². The maximum atomic E-state index is 5.42. The van der Waals surface area contributed by atoms with E-state index in [1.165, 1.54) is 56.9 Å². The molecular formula is C20H27NO. The number of methoxy groups -OCH3 is 1. The minimum atomic E-state index is 0.470. The predicted molar refractivity (Wildman–Crippen MR) is 90.1 cm³/mol. The van der Waals surface area contributed by atoms with Gasteiger partial charge in [-0.15, -0.1) is 0 Å². The molecule has 0 aromatic heterocycles. The summed E-state index contributed by atoms with van der Waals surface area (Å²) < 4.78 is 5.42. The molecule has 0 unspecified atom stereocenters. The molecule has 0 spiro atoms. The van der Waals surface area contributed by atoms with E-state index >= 15 is 0 Å². The molecule has 1 aliphatic heterocycles. The van der Waals surface area contributed by atoms with Gasteiger partial charge < -0.3 is 10.1 Å². The van der Waals surface area contributed by atoms with Gasteiger partial charge in [0.25, 0.3) is 0 Å². The molecule has 2 nitrogen and oxygen atoms in total. The number of nitrogens with one attached hydrogen (secondary N) is 1. The Balaban J connectivity index is 1.63. The SMILES string of the molecule is COc1cccc([C@@H]2CC3=C(CCCC3)[C@@H](C3CCC3)N2)c1. The second-order valence-corrected chi connectivity index (χ2v) is 7.20. The average molecular weight is 297 g/mol. The lowest BCUT2D eigenvalue weighted by atomic mass is 9.70. The number of hydrogen-bond donors (Lipinski definition) is 1. The lowest BCUT2D eigenvalue weighted by Gasteiger charge is -2.44. The first-order valence-electron chi connectivity index (χ1n) is 8.96. The van der Waals surface area contributed by atoms with Gasteiger partial charge in [0.2, 0.25) is 0 Å². The number of rotatable bonds is 3. The minimum absolute atomic E-state index is 0.470. The molecule has 0 saturated heterocycles. The van der Waals surface area contributed by atoms with Crippen LogP contribution in [0, 0.1) is 5.92 Å². The van der Waals surface area contributed by atoms with Crippen molar-refractivity contribution in [2.75, 3.05) is 7.11 Å². The Kier molecular flexibility index (Phi) is 3.96. The number of ether oxygens (including phenoxy) is 1. The van der Waals surface area contributed by atoms with Gasteiger partial charge in [-0.2, -0.15) is 0 Å². The molecule has 2 atom stereocenters. The fraction of sp³-hybridized carbons (Fsp3) is 0.600. The van der Waals surface area contributed by atoms with Crippen LogP contribution in [0.3, 0.4) is 0 Å². The van der Waals surface area contributed by atoms with Gasteiger partial charge in [0.1, 0.15) is 5.75 Å². The molecular weight excluding hydrogens is 270 g/mol. The van der Waals surface area contributed by atoms with Crippen molar-refractivity contribution in [1.82, 2.24) is 5.32 Å². The molecule has 0 radical (unpaired) electrons. The third kappa shape index (κ3) is 2.58. The third-order valence-electron chi connectivity index (χ3n) is 5.95. The minimum Gasteiger partial charge on any atom is -0.497 e. The van der Waals surface area contributed by atoms with Crippen LogP contribution in [-0.2, 0) is 0 Å². The van der Waals surface area contributed by atoms with Crippen LogP contribution in [0.25, 0.3) is 0 Å². The molecule has 2 aliphatic carbocycles. The standard InChI is InChI=1S/C20H27NO/c1-22-17-10-5-9-16(12-17)19-13-15-6-2-3-11-18(15)20(21-19)14-7-4-8-14/h5,9-10,12,14,19-21H,2-4,6-8,11,13H2,1H3/t19-,20+/m0/s1. The Morgan fingerprint density at radius 3 is 2.73 bits per heavy atom. The van der Waals surface area contributed by atoms with Crippen molar-refractivity contribution in [3.05, 3.63) is 41.0 Å². The van der Waals surface area contributed by atoms with Crippen LogP contribution in [0.15, 0.2) is 35.4 Å². The molecule has 1 heterocycles. The summed E-state index contributed by atoms with van der Waals surface area (Å²) in [6.07, 6.45) is 10.9. The Hall–Kier alpha value is -1.28. The zero-order valence-electron chi connectivity index (χ0n) is 13.6. The van der Waals surface area contributed by atoms with Crippen LogP contribution in [0.5, 0.6) is 5.75 Å². The van der Waals surface area contributed by atoms with Gasteiger partial charge in [0.15, 0.2) is 0 Å². The summed E-state index contributed by atoms with van der Waals surface area (Å²) in [4.78, 5) is 0. The van der Waals surface area contributed by atoms with Crippen LogP contribution in [-0.4, -0.2) is 13.2 Å². The molecule has 22 heavy (non-hydrogen) atoms. The first-order chi connectivity index (χ1) is 10.8. The molecule has 3 aliphatic rings. The van der Waals surface area contributed by atoms with Gasteiger partial charge in [-0.3, -0.25) is 0 Å². The van der Waals surface area contributed by atoms with Crippen molar-refractivity contribution >= 4 is 0 Å². The van der Waals surface area contributed by atoms with Crippen molar-refractivity contribution in [2.24, 2.45) is 5.92 Å². The summed E-state index contributed by atoms with van der Waals surface area (Å²) in [5, 5.41) is 4.01. The normalized spacial score (nSPS) is 29.0. The molecule has 4 rings (SSSR count). The van der Waals surface area contributed by atoms with Gasteiger partial charge in [-0.05, 0) is 68.6 Å². The lowest BCUT2D eigenvalue weighted by molar-refractivity contribution is 0.219. The third-order valence-corrected chi connectivity index (χ3v) is 5.95. The maximum absolute atomic E-state index is 5.42. The van der Waals surface area contributed by atoms with E-state index in [1.54, 1.807) is 18.3 Å². The fourth-order valence-corrected chi connectivity index (χ4v) is 4.49. The number of benzene rings is 1. The second-order valence-electron chi connectivity index (χ2n) is 7.20. The molecule has 0 bridgehead atoms. The highest BCUT2D eigenvalue weighted by Crippen LogP contribution is 2.44. The maximum Gasteiger partial charge on any atom is 0.119 e. The zero-order valence-corrected chi connectivity index (χ0v) is 13.6. The highest BCUT2D eigenvalue weighted by atomic mass is 16.5. The van der Waals surface area contributed by atoms with E-state index in [4.69, 9.17) is 4.74 Å². The first kappa shape index (κ1) is 14.3. The summed E-state index contributed by atoms with van der Waals surface area (Å²) in [6, 6.07) is 9.75. The van der Waals surface area contributed by atoms with Crippen LogP contribution >= 0.6 is 0 Å². The fourth-order valence-electron chi connectivity index (χ4n) is 4.49. The molecule has 1 aromatic carbocycles. The molecule has 1 N–H and O–H groups in total. The summed E-state index contributed by atoms with van der Waals surface area (Å²) in [5.41, 5.74) is 4.95. The van der Waals surface area contributed by atoms with Crippen LogP contribution < -0.4 is 10.1 Å². The van der Waals surface area contributed by atoms with Crippen LogP contribution in [0.1, 0.15) is 63.0 Å². The quantitative estimate of drug-likeness (QED) is 0.812. The molecule has 1 aromatic rings. The van der Waals surface area contributed by atoms with Crippen molar-refractivity contribution in [3.63, 3.8) is 0 Å². The first-order valence-corrected chi connectivity index (χ1v) is 8.96. The molecule has 0 amide bonds. The van der Waals surface area contributed by atoms with E-state index in [9.17, 15) is 0 Å². The molecule has 1 fully saturated rings. The monoisotopic (exact) mass is 297 g/mol. The van der Waals surface area contributed by atoms with E-state index in [2.05, 4.69) is 23.5 Å². The summed E-state index contributed by atoms with van der Waals surface area (Å²) >= 11 is 0. The predicted octanol–water partition coefficient (Wildman–Crippen LogP) is 4.77. The molecule has 118 valence electrons. The van der Waals surface area contributed by atoms with Gasteiger partial charge in [-0.1, -0.05) is 29.7 Å². The van der Waals surface area contributed by atoms with Crippen molar-refractivity contribution in [1.29, 1.82) is 0 Å². The Labute approximate surface area is 133 Å². The van der Waals surface area contributed by atoms with E-state index in [-0.39, 0.29) is 0 Å². The van der Waals surface area contributed by atoms with Gasteiger partial charge in [0.05, 0.1) is 7.11 Å². The molecule has 2 heteroatoms. The zero-order chi connectivity index (χ0) is 14.9. The highest BCUT2D eigenvalue weighted by molar-refractivity contribution is 5.35. The topological polar surface area (TPSA) is 21.3 Å². The van der Waals surface area contributed by atoms with Crippen molar-refractivity contribution < 1.29 is 4.74 Å². The van der Waals surface area contributed by atoms with Gasteiger partial charge in [0, 0.05) is 12.1 Å². The summed E-state index contributed by atoms with van der Waals surface area (Å²) in [6.45, 7) is 0. The Morgan fingerprint density at radius 2 is 1.95 bits per heavy atom. The molecule has 1 saturated carbocycles. The Morgan fingerprint density at radius 1 is 1.09 bits per heavy atom. The smallest absolute Gasteiger partial charge is 0.119 e. The van der Waals surface area contributed by atoms with Crippen molar-refractivity contribution in [3.8, 4) is 5.75 Å². The van der Waals surface area contributed by atoms with E-state index in [1.807, 2.05) is 6.07 Å². The Bertz CT molecular complexity index is 573. The van der Waals surface area contributed by atoms with Crippen LogP contribution in [0.2, 0.25) is 0 Å². The average Bonchev–Trinajstić information content (AvgIpc) is 2.53. The van der Waals surface area contributed by atoms with E-state index in [0.717, 1.165) is 11.7 Å². The largest absolute Gasteiger partial charge is 0.497 e. The van der Waals surface area contributed by atoms with Crippen LogP contribution in [0.4, 0.5) is 0 Å².